The highest BCUT2D eigenvalue weighted by molar-refractivity contribution is 5.85. The first-order chi connectivity index (χ1) is 7.43. The minimum absolute atomic E-state index is 0. The monoisotopic (exact) mass is 241 g/mol. The van der Waals surface area contributed by atoms with E-state index in [4.69, 9.17) is 9.47 Å². The number of nitrogens with one attached hydrogen (secondary N) is 1. The fourth-order valence-electron chi connectivity index (χ4n) is 2.30. The van der Waals surface area contributed by atoms with E-state index in [0.29, 0.717) is 12.7 Å². The van der Waals surface area contributed by atoms with Gasteiger partial charge < -0.3 is 14.8 Å². The molecule has 0 bridgehead atoms. The molecule has 0 amide bonds. The molecule has 1 aromatic rings. The van der Waals surface area contributed by atoms with Gasteiger partial charge in [0, 0.05) is 6.54 Å². The summed E-state index contributed by atoms with van der Waals surface area (Å²) in [4.78, 5) is 0. The molecule has 1 fully saturated rings. The van der Waals surface area contributed by atoms with E-state index in [0.717, 1.165) is 24.6 Å². The summed E-state index contributed by atoms with van der Waals surface area (Å²) >= 11 is 0. The second kappa shape index (κ2) is 4.93. The Balaban J connectivity index is 0.000000963. The van der Waals surface area contributed by atoms with Gasteiger partial charge in [-0.25, -0.2) is 0 Å². The van der Waals surface area contributed by atoms with Crippen molar-refractivity contribution in [1.29, 1.82) is 0 Å². The summed E-state index contributed by atoms with van der Waals surface area (Å²) in [5, 5.41) is 3.43. The number of piperidine rings is 1. The van der Waals surface area contributed by atoms with Crippen LogP contribution in [-0.4, -0.2) is 19.9 Å². The smallest absolute Gasteiger partial charge is 0.231 e. The third-order valence-corrected chi connectivity index (χ3v) is 3.16. The normalized spacial score (nSPS) is 22.6. The quantitative estimate of drug-likeness (QED) is 0.819. The lowest BCUT2D eigenvalue weighted by molar-refractivity contribution is 0.174. The fraction of sp³-hybridized carbons (Fsp3) is 0.500. The van der Waals surface area contributed by atoms with Crippen molar-refractivity contribution in [3.05, 3.63) is 23.8 Å². The molecule has 3 rings (SSSR count). The highest BCUT2D eigenvalue weighted by Gasteiger charge is 2.19. The van der Waals surface area contributed by atoms with Crippen LogP contribution in [0.25, 0.3) is 0 Å². The first-order valence-corrected chi connectivity index (χ1v) is 5.54. The van der Waals surface area contributed by atoms with Crippen molar-refractivity contribution >= 4 is 12.4 Å². The van der Waals surface area contributed by atoms with Crippen molar-refractivity contribution in [3.63, 3.8) is 0 Å². The van der Waals surface area contributed by atoms with Crippen molar-refractivity contribution < 1.29 is 9.47 Å². The lowest BCUT2D eigenvalue weighted by atomic mass is 9.91. The fourth-order valence-corrected chi connectivity index (χ4v) is 2.30. The summed E-state index contributed by atoms with van der Waals surface area (Å²) in [5.41, 5.74) is 1.37. The molecule has 2 heterocycles. The van der Waals surface area contributed by atoms with Gasteiger partial charge in [-0.05, 0) is 43.0 Å². The van der Waals surface area contributed by atoms with E-state index in [2.05, 4.69) is 17.4 Å². The van der Waals surface area contributed by atoms with Crippen LogP contribution in [0.3, 0.4) is 0 Å². The Morgan fingerprint density at radius 1 is 1.19 bits per heavy atom. The van der Waals surface area contributed by atoms with E-state index in [1.165, 1.54) is 18.4 Å². The first kappa shape index (κ1) is 11.6. The number of fused-ring (bicyclic) bond motifs is 1. The molecule has 2 aliphatic heterocycles. The summed E-state index contributed by atoms with van der Waals surface area (Å²) in [5.74, 6) is 2.41. The standard InChI is InChI=1S/C12H15NO2.ClH/c1-2-10(7-13-5-1)9-3-4-11-12(6-9)15-8-14-11;/h3-4,6,10,13H,1-2,5,7-8H2;1H. The van der Waals surface area contributed by atoms with Crippen LogP contribution in [0.1, 0.15) is 24.3 Å². The van der Waals surface area contributed by atoms with Crippen LogP contribution >= 0.6 is 12.4 Å². The van der Waals surface area contributed by atoms with Gasteiger partial charge in [-0.3, -0.25) is 0 Å². The van der Waals surface area contributed by atoms with Crippen LogP contribution < -0.4 is 14.8 Å². The second-order valence-corrected chi connectivity index (χ2v) is 4.16. The molecule has 0 radical (unpaired) electrons. The predicted molar refractivity (Wildman–Crippen MR) is 64.7 cm³/mol. The Hall–Kier alpha value is -0.930. The highest BCUT2D eigenvalue weighted by Crippen LogP contribution is 2.35. The SMILES string of the molecule is Cl.c1cc2c(cc1C1CCCNC1)OCO2. The lowest BCUT2D eigenvalue weighted by Gasteiger charge is -2.23. The van der Waals surface area contributed by atoms with Crippen LogP contribution in [0.2, 0.25) is 0 Å². The first-order valence-electron chi connectivity index (χ1n) is 5.54. The molecular weight excluding hydrogens is 226 g/mol. The van der Waals surface area contributed by atoms with Crippen molar-refractivity contribution in [3.8, 4) is 11.5 Å². The topological polar surface area (TPSA) is 30.5 Å². The number of hydrogen-bond donors (Lipinski definition) is 1. The van der Waals surface area contributed by atoms with Crippen LogP contribution in [-0.2, 0) is 0 Å². The van der Waals surface area contributed by atoms with E-state index >= 15 is 0 Å². The Morgan fingerprint density at radius 2 is 2.06 bits per heavy atom. The van der Waals surface area contributed by atoms with Gasteiger partial charge in [-0.2, -0.15) is 0 Å². The number of hydrogen-bond acceptors (Lipinski definition) is 3. The summed E-state index contributed by atoms with van der Waals surface area (Å²) in [7, 11) is 0. The Kier molecular flexibility index (Phi) is 3.56. The van der Waals surface area contributed by atoms with E-state index in [9.17, 15) is 0 Å². The van der Waals surface area contributed by atoms with Crippen molar-refractivity contribution in [2.24, 2.45) is 0 Å². The summed E-state index contributed by atoms with van der Waals surface area (Å²) in [6, 6.07) is 6.30. The Morgan fingerprint density at radius 3 is 2.88 bits per heavy atom. The van der Waals surface area contributed by atoms with Gasteiger partial charge in [0.1, 0.15) is 0 Å². The Bertz CT molecular complexity index is 364. The molecule has 1 atom stereocenters. The molecule has 3 nitrogen and oxygen atoms in total. The molecule has 88 valence electrons. The van der Waals surface area contributed by atoms with Gasteiger partial charge in [0.05, 0.1) is 0 Å². The van der Waals surface area contributed by atoms with E-state index in [1.807, 2.05) is 6.07 Å². The van der Waals surface area contributed by atoms with Crippen LogP contribution in [0.4, 0.5) is 0 Å². The lowest BCUT2D eigenvalue weighted by Crippen LogP contribution is -2.28. The minimum atomic E-state index is 0. The molecule has 0 spiro atoms. The molecule has 16 heavy (non-hydrogen) atoms. The number of ether oxygens (including phenoxy) is 2. The molecule has 2 aliphatic rings. The number of benzene rings is 1. The van der Waals surface area contributed by atoms with Gasteiger partial charge in [-0.1, -0.05) is 6.07 Å². The van der Waals surface area contributed by atoms with Crippen LogP contribution in [0, 0.1) is 0 Å². The zero-order valence-electron chi connectivity index (χ0n) is 9.07. The van der Waals surface area contributed by atoms with Gasteiger partial charge in [0.2, 0.25) is 6.79 Å². The molecule has 1 saturated heterocycles. The maximum Gasteiger partial charge on any atom is 0.231 e. The van der Waals surface area contributed by atoms with Gasteiger partial charge in [-0.15, -0.1) is 12.4 Å². The molecule has 0 aliphatic carbocycles. The van der Waals surface area contributed by atoms with Gasteiger partial charge in [0.25, 0.3) is 0 Å². The molecule has 4 heteroatoms. The van der Waals surface area contributed by atoms with E-state index in [1.54, 1.807) is 0 Å². The molecule has 1 unspecified atom stereocenters. The summed E-state index contributed by atoms with van der Waals surface area (Å²) in [6.07, 6.45) is 2.53. The second-order valence-electron chi connectivity index (χ2n) is 4.16. The third-order valence-electron chi connectivity index (χ3n) is 3.16. The molecule has 1 N–H and O–H groups in total. The zero-order chi connectivity index (χ0) is 10.1. The summed E-state index contributed by atoms with van der Waals surface area (Å²) < 4.78 is 10.7. The largest absolute Gasteiger partial charge is 0.454 e. The predicted octanol–water partition coefficient (Wildman–Crippen LogP) is 2.30. The molecule has 1 aromatic carbocycles. The van der Waals surface area contributed by atoms with Crippen molar-refractivity contribution in [2.75, 3.05) is 19.9 Å². The Labute approximate surface area is 102 Å². The molecule has 0 aromatic heterocycles. The number of halogens is 1. The summed E-state index contributed by atoms with van der Waals surface area (Å²) in [6.45, 7) is 2.60. The van der Waals surface area contributed by atoms with Gasteiger partial charge in [0.15, 0.2) is 11.5 Å². The third kappa shape index (κ3) is 2.11. The maximum absolute atomic E-state index is 5.39. The average Bonchev–Trinajstić information content (AvgIpc) is 2.77. The maximum atomic E-state index is 5.39. The van der Waals surface area contributed by atoms with Crippen molar-refractivity contribution in [1.82, 2.24) is 5.32 Å². The molecule has 0 saturated carbocycles. The number of rotatable bonds is 1. The minimum Gasteiger partial charge on any atom is -0.454 e. The van der Waals surface area contributed by atoms with Crippen molar-refractivity contribution in [2.45, 2.75) is 18.8 Å². The molecular formula is C12H16ClNO2. The zero-order valence-corrected chi connectivity index (χ0v) is 9.89. The van der Waals surface area contributed by atoms with Gasteiger partial charge >= 0.3 is 0 Å². The van der Waals surface area contributed by atoms with E-state index < -0.39 is 0 Å². The average molecular weight is 242 g/mol. The van der Waals surface area contributed by atoms with Crippen LogP contribution in [0.5, 0.6) is 11.5 Å². The van der Waals surface area contributed by atoms with E-state index in [-0.39, 0.29) is 12.4 Å². The highest BCUT2D eigenvalue weighted by atomic mass is 35.5. The van der Waals surface area contributed by atoms with Crippen LogP contribution in [0.15, 0.2) is 18.2 Å².